The van der Waals surface area contributed by atoms with Crippen LogP contribution in [0, 0.1) is 0 Å². The lowest BCUT2D eigenvalue weighted by molar-refractivity contribution is 1.07. The molecule has 0 aliphatic rings. The van der Waals surface area contributed by atoms with Crippen LogP contribution in [0.4, 0.5) is 0 Å². The van der Waals surface area contributed by atoms with Gasteiger partial charge in [-0.2, -0.15) is 0 Å². The topological polar surface area (TPSA) is 51.6 Å². The molecule has 0 amide bonds. The van der Waals surface area contributed by atoms with Crippen LogP contribution in [0.1, 0.15) is 0 Å². The van der Waals surface area contributed by atoms with Crippen molar-refractivity contribution in [2.24, 2.45) is 0 Å². The Balaban J connectivity index is 1.17. The van der Waals surface area contributed by atoms with Crippen LogP contribution in [0.3, 0.4) is 0 Å². The summed E-state index contributed by atoms with van der Waals surface area (Å²) in [6.07, 6.45) is 0. The molecule has 0 atom stereocenters. The summed E-state index contributed by atoms with van der Waals surface area (Å²) >= 11 is 0. The molecule has 4 heteroatoms. The normalized spacial score (nSPS) is 11.2. The van der Waals surface area contributed by atoms with Crippen LogP contribution in [0.15, 0.2) is 206 Å². The van der Waals surface area contributed by atoms with E-state index in [9.17, 15) is 0 Å². The highest BCUT2D eigenvalue weighted by atomic mass is 15.0. The van der Waals surface area contributed by atoms with Crippen molar-refractivity contribution >= 4 is 21.7 Å². The Morgan fingerprint density at radius 3 is 1.39 bits per heavy atom. The van der Waals surface area contributed by atoms with E-state index in [1.54, 1.807) is 0 Å². The third-order valence-corrected chi connectivity index (χ3v) is 10.3. The third-order valence-electron chi connectivity index (χ3n) is 10.3. The van der Waals surface area contributed by atoms with Gasteiger partial charge < -0.3 is 0 Å². The molecule has 0 saturated carbocycles. The van der Waals surface area contributed by atoms with Crippen molar-refractivity contribution < 1.29 is 0 Å². The molecule has 262 valence electrons. The lowest BCUT2D eigenvalue weighted by Gasteiger charge is -2.17. The molecule has 0 bridgehead atoms. The highest BCUT2D eigenvalue weighted by Gasteiger charge is 2.19. The molecule has 0 aliphatic carbocycles. The molecule has 0 aliphatic heterocycles. The van der Waals surface area contributed by atoms with Crippen LogP contribution in [-0.4, -0.2) is 19.9 Å². The summed E-state index contributed by atoms with van der Waals surface area (Å²) in [5.41, 5.74) is 12.4. The average molecular weight is 715 g/mol. The minimum absolute atomic E-state index is 0.607. The Morgan fingerprint density at radius 1 is 0.268 bits per heavy atom. The Hall–Kier alpha value is -7.56. The largest absolute Gasteiger partial charge is 0.247 e. The Kier molecular flexibility index (Phi) is 8.47. The summed E-state index contributed by atoms with van der Waals surface area (Å²) in [6, 6.07) is 71.7. The molecule has 56 heavy (non-hydrogen) atoms. The molecule has 10 aromatic rings. The van der Waals surface area contributed by atoms with Crippen molar-refractivity contribution in [2.75, 3.05) is 0 Å². The molecule has 2 heterocycles. The van der Waals surface area contributed by atoms with Gasteiger partial charge in [-0.25, -0.2) is 19.9 Å². The molecule has 0 radical (unpaired) electrons. The number of hydrogen-bond acceptors (Lipinski definition) is 4. The minimum atomic E-state index is 0.607. The van der Waals surface area contributed by atoms with E-state index in [0.717, 1.165) is 72.1 Å². The van der Waals surface area contributed by atoms with Crippen molar-refractivity contribution in [3.8, 4) is 78.8 Å². The van der Waals surface area contributed by atoms with E-state index in [1.807, 2.05) is 42.5 Å². The zero-order chi connectivity index (χ0) is 37.3. The fourth-order valence-corrected chi connectivity index (χ4v) is 7.53. The molecular formula is C52H34N4. The van der Waals surface area contributed by atoms with Gasteiger partial charge >= 0.3 is 0 Å². The van der Waals surface area contributed by atoms with E-state index in [4.69, 9.17) is 19.9 Å². The van der Waals surface area contributed by atoms with E-state index in [2.05, 4.69) is 164 Å². The second kappa shape index (κ2) is 14.3. The van der Waals surface area contributed by atoms with Gasteiger partial charge in [0.1, 0.15) is 0 Å². The first-order valence-electron chi connectivity index (χ1n) is 18.8. The summed E-state index contributed by atoms with van der Waals surface area (Å²) in [5, 5.41) is 3.45. The number of benzene rings is 8. The van der Waals surface area contributed by atoms with Gasteiger partial charge in [0, 0.05) is 33.2 Å². The molecule has 0 fully saturated rings. The number of hydrogen-bond donors (Lipinski definition) is 0. The molecule has 10 rings (SSSR count). The van der Waals surface area contributed by atoms with Crippen LogP contribution in [0.25, 0.3) is 100 Å². The molecule has 4 nitrogen and oxygen atoms in total. The van der Waals surface area contributed by atoms with Crippen molar-refractivity contribution in [3.05, 3.63) is 206 Å². The van der Waals surface area contributed by atoms with E-state index >= 15 is 0 Å². The molecule has 8 aromatic carbocycles. The zero-order valence-corrected chi connectivity index (χ0v) is 30.4. The summed E-state index contributed by atoms with van der Waals surface area (Å²) in [4.78, 5) is 20.7. The maximum Gasteiger partial charge on any atom is 0.164 e. The number of fused-ring (bicyclic) bond motifs is 3. The van der Waals surface area contributed by atoms with Crippen LogP contribution in [0.5, 0.6) is 0 Å². The predicted octanol–water partition coefficient (Wildman–Crippen LogP) is 13.2. The maximum absolute atomic E-state index is 5.46. The number of pyridine rings is 1. The zero-order valence-electron chi connectivity index (χ0n) is 30.4. The highest BCUT2D eigenvalue weighted by molar-refractivity contribution is 6.18. The van der Waals surface area contributed by atoms with Gasteiger partial charge in [0.15, 0.2) is 17.5 Å². The van der Waals surface area contributed by atoms with E-state index in [0.29, 0.717) is 17.5 Å². The standard InChI is InChI=1S/C52H34N4/c1-5-16-35(17-6-1)36-28-30-40(31-29-36)51-54-50(39-22-11-4-12-23-39)55-52(56-51)43-26-15-25-41(32-43)46-33-42-24-13-14-27-44(42)48-45(37-18-7-2-8-19-37)34-47(53-49(46)48)38-20-9-3-10-21-38/h1-34H. The van der Waals surface area contributed by atoms with Crippen molar-refractivity contribution in [1.82, 2.24) is 19.9 Å². The van der Waals surface area contributed by atoms with Crippen molar-refractivity contribution in [2.45, 2.75) is 0 Å². The number of nitrogens with zero attached hydrogens (tertiary/aromatic N) is 4. The van der Waals surface area contributed by atoms with Gasteiger partial charge in [-0.3, -0.25) is 0 Å². The first-order chi connectivity index (χ1) is 27.7. The molecule has 0 spiro atoms. The van der Waals surface area contributed by atoms with Crippen LogP contribution >= 0.6 is 0 Å². The quantitative estimate of drug-likeness (QED) is 0.154. The summed E-state index contributed by atoms with van der Waals surface area (Å²) in [7, 11) is 0. The molecule has 0 unspecified atom stereocenters. The van der Waals surface area contributed by atoms with Crippen LogP contribution < -0.4 is 0 Å². The first-order valence-corrected chi connectivity index (χ1v) is 18.8. The lowest BCUT2D eigenvalue weighted by Crippen LogP contribution is -2.00. The monoisotopic (exact) mass is 714 g/mol. The van der Waals surface area contributed by atoms with Crippen molar-refractivity contribution in [1.29, 1.82) is 0 Å². The van der Waals surface area contributed by atoms with Gasteiger partial charge in [-0.05, 0) is 56.8 Å². The van der Waals surface area contributed by atoms with Crippen LogP contribution in [-0.2, 0) is 0 Å². The molecule has 0 saturated heterocycles. The smallest absolute Gasteiger partial charge is 0.164 e. The summed E-state index contributed by atoms with van der Waals surface area (Å²) in [5.74, 6) is 1.86. The minimum Gasteiger partial charge on any atom is -0.247 e. The summed E-state index contributed by atoms with van der Waals surface area (Å²) < 4.78 is 0. The summed E-state index contributed by atoms with van der Waals surface area (Å²) in [6.45, 7) is 0. The highest BCUT2D eigenvalue weighted by Crippen LogP contribution is 2.42. The van der Waals surface area contributed by atoms with Gasteiger partial charge in [0.25, 0.3) is 0 Å². The van der Waals surface area contributed by atoms with Crippen molar-refractivity contribution in [3.63, 3.8) is 0 Å². The Bertz CT molecular complexity index is 2980. The van der Waals surface area contributed by atoms with Gasteiger partial charge in [-0.1, -0.05) is 188 Å². The van der Waals surface area contributed by atoms with Crippen LogP contribution in [0.2, 0.25) is 0 Å². The predicted molar refractivity (Wildman–Crippen MR) is 231 cm³/mol. The fraction of sp³-hybridized carbons (Fsp3) is 0. The number of rotatable bonds is 7. The maximum atomic E-state index is 5.46. The molecule has 0 N–H and O–H groups in total. The Morgan fingerprint density at radius 2 is 0.732 bits per heavy atom. The second-order valence-electron chi connectivity index (χ2n) is 13.9. The van der Waals surface area contributed by atoms with E-state index < -0.39 is 0 Å². The average Bonchev–Trinajstić information content (AvgIpc) is 3.29. The van der Waals surface area contributed by atoms with Gasteiger partial charge in [-0.15, -0.1) is 0 Å². The SMILES string of the molecule is c1ccc(-c2ccc(-c3nc(-c4ccccc4)nc(-c4cccc(-c5cc6ccccc6c6c(-c7ccccc7)cc(-c7ccccc7)nc56)c4)n3)cc2)cc1. The van der Waals surface area contributed by atoms with E-state index in [1.165, 1.54) is 10.9 Å². The molecular weight excluding hydrogens is 681 g/mol. The first kappa shape index (κ1) is 33.0. The number of aromatic nitrogens is 4. The Labute approximate surface area is 325 Å². The third kappa shape index (κ3) is 6.29. The molecule has 2 aromatic heterocycles. The van der Waals surface area contributed by atoms with Gasteiger partial charge in [0.2, 0.25) is 0 Å². The lowest BCUT2D eigenvalue weighted by atomic mass is 9.90. The second-order valence-corrected chi connectivity index (χ2v) is 13.9. The van der Waals surface area contributed by atoms with E-state index in [-0.39, 0.29) is 0 Å². The fourth-order valence-electron chi connectivity index (χ4n) is 7.53. The van der Waals surface area contributed by atoms with Gasteiger partial charge in [0.05, 0.1) is 11.2 Å².